The number of fused-ring (bicyclic) bond motifs is 8. The van der Waals surface area contributed by atoms with E-state index in [1.165, 1.54) is 0 Å². The zero-order valence-electron chi connectivity index (χ0n) is 30.6. The molecule has 11 aromatic rings. The van der Waals surface area contributed by atoms with Gasteiger partial charge in [-0.1, -0.05) is 140 Å². The SMILES string of the molecule is [C-]#[N+]c1ccc2c(c1)c1cc(-c3cc4c5ccccc5c(-c5nc(-c6ccccc6)nc(-c6ccccc6)n5)cc4c4ccccc34)ccc1n2-c1ccccc1. The maximum atomic E-state index is 7.78. The largest absolute Gasteiger partial charge is 0.309 e. The van der Waals surface area contributed by atoms with Gasteiger partial charge in [0.1, 0.15) is 0 Å². The fraction of sp³-hybridized carbons (Fsp3) is 0. The highest BCUT2D eigenvalue weighted by molar-refractivity contribution is 6.24. The van der Waals surface area contributed by atoms with Crippen LogP contribution in [-0.4, -0.2) is 19.5 Å². The third-order valence-electron chi connectivity index (χ3n) is 11.0. The van der Waals surface area contributed by atoms with Crippen molar-refractivity contribution in [2.75, 3.05) is 0 Å². The van der Waals surface area contributed by atoms with Crippen LogP contribution in [0.25, 0.3) is 110 Å². The number of benzene rings is 9. The van der Waals surface area contributed by atoms with Crippen molar-refractivity contribution in [1.82, 2.24) is 19.5 Å². The summed E-state index contributed by atoms with van der Waals surface area (Å²) in [5.41, 5.74) is 8.99. The van der Waals surface area contributed by atoms with Gasteiger partial charge in [-0.3, -0.25) is 0 Å². The van der Waals surface area contributed by atoms with Gasteiger partial charge in [0, 0.05) is 27.8 Å². The Hall–Kier alpha value is -7.94. The van der Waals surface area contributed by atoms with Gasteiger partial charge in [0.05, 0.1) is 17.6 Å². The zero-order valence-corrected chi connectivity index (χ0v) is 30.6. The molecular weight excluding hydrogens is 695 g/mol. The quantitative estimate of drug-likeness (QED) is 0.131. The van der Waals surface area contributed by atoms with Crippen LogP contribution in [0.15, 0.2) is 188 Å². The van der Waals surface area contributed by atoms with Crippen LogP contribution in [0.2, 0.25) is 0 Å². The van der Waals surface area contributed by atoms with Gasteiger partial charge >= 0.3 is 0 Å². The summed E-state index contributed by atoms with van der Waals surface area (Å²) >= 11 is 0. The third kappa shape index (κ3) is 5.35. The average Bonchev–Trinajstić information content (AvgIpc) is 3.62. The maximum absolute atomic E-state index is 7.78. The highest BCUT2D eigenvalue weighted by Gasteiger charge is 2.20. The van der Waals surface area contributed by atoms with E-state index in [9.17, 15) is 0 Å². The lowest BCUT2D eigenvalue weighted by molar-refractivity contribution is 1.08. The smallest absolute Gasteiger partial charge is 0.188 e. The molecular formula is C52H31N5. The molecule has 0 fully saturated rings. The van der Waals surface area contributed by atoms with E-state index >= 15 is 0 Å². The molecule has 57 heavy (non-hydrogen) atoms. The predicted molar refractivity (Wildman–Crippen MR) is 235 cm³/mol. The Morgan fingerprint density at radius 1 is 0.351 bits per heavy atom. The molecule has 0 saturated heterocycles. The molecule has 0 unspecified atom stereocenters. The molecule has 0 spiro atoms. The summed E-state index contributed by atoms with van der Waals surface area (Å²) in [6.07, 6.45) is 0. The van der Waals surface area contributed by atoms with E-state index in [1.807, 2.05) is 78.9 Å². The minimum Gasteiger partial charge on any atom is -0.309 e. The standard InChI is InChI=1S/C52H31N5/c1-53-36-26-28-49-46(30-36)45-29-35(25-27-48(45)57(49)37-19-9-4-10-20-37)42-31-43-40-23-13-14-24-41(40)47(32-44(43)39-22-12-11-21-38(39)42)52-55-50(33-15-5-2-6-16-33)54-51(56-52)34-17-7-3-8-18-34/h2-32H. The summed E-state index contributed by atoms with van der Waals surface area (Å²) in [6.45, 7) is 7.78. The summed E-state index contributed by atoms with van der Waals surface area (Å²) in [7, 11) is 0. The first-order chi connectivity index (χ1) is 28.2. The Morgan fingerprint density at radius 2 is 0.825 bits per heavy atom. The Balaban J connectivity index is 1.17. The molecule has 264 valence electrons. The number of aromatic nitrogens is 4. The van der Waals surface area contributed by atoms with Crippen LogP contribution in [0.4, 0.5) is 5.69 Å². The van der Waals surface area contributed by atoms with Gasteiger partial charge < -0.3 is 4.57 Å². The van der Waals surface area contributed by atoms with Gasteiger partial charge in [-0.15, -0.1) is 0 Å². The van der Waals surface area contributed by atoms with Gasteiger partial charge in [0.25, 0.3) is 0 Å². The van der Waals surface area contributed by atoms with Crippen molar-refractivity contribution in [2.45, 2.75) is 0 Å². The van der Waals surface area contributed by atoms with Crippen molar-refractivity contribution < 1.29 is 0 Å². The van der Waals surface area contributed by atoms with Gasteiger partial charge in [0.2, 0.25) is 0 Å². The van der Waals surface area contributed by atoms with Crippen molar-refractivity contribution in [3.05, 3.63) is 199 Å². The molecule has 5 nitrogen and oxygen atoms in total. The lowest BCUT2D eigenvalue weighted by Gasteiger charge is -2.16. The molecule has 0 radical (unpaired) electrons. The predicted octanol–water partition coefficient (Wildman–Crippen LogP) is 13.6. The van der Waals surface area contributed by atoms with Crippen molar-refractivity contribution in [3.63, 3.8) is 0 Å². The lowest BCUT2D eigenvalue weighted by Crippen LogP contribution is -2.00. The number of para-hydroxylation sites is 1. The Kier molecular flexibility index (Phi) is 7.48. The normalized spacial score (nSPS) is 11.5. The molecule has 0 amide bonds. The van der Waals surface area contributed by atoms with E-state index in [4.69, 9.17) is 21.5 Å². The van der Waals surface area contributed by atoms with Gasteiger partial charge in [-0.25, -0.2) is 19.8 Å². The molecule has 5 heteroatoms. The minimum atomic E-state index is 0.628. The van der Waals surface area contributed by atoms with Crippen LogP contribution < -0.4 is 0 Å². The van der Waals surface area contributed by atoms with Crippen molar-refractivity contribution in [1.29, 1.82) is 0 Å². The van der Waals surface area contributed by atoms with Crippen LogP contribution in [0.3, 0.4) is 0 Å². The first-order valence-electron chi connectivity index (χ1n) is 19.0. The third-order valence-corrected chi connectivity index (χ3v) is 11.0. The summed E-state index contributed by atoms with van der Waals surface area (Å²) < 4.78 is 2.29. The van der Waals surface area contributed by atoms with Crippen molar-refractivity contribution in [3.8, 4) is 51.0 Å². The van der Waals surface area contributed by atoms with E-state index in [0.717, 1.165) is 87.6 Å². The van der Waals surface area contributed by atoms with Crippen molar-refractivity contribution in [2.24, 2.45) is 0 Å². The highest BCUT2D eigenvalue weighted by atomic mass is 15.0. The number of rotatable bonds is 5. The van der Waals surface area contributed by atoms with Gasteiger partial charge in [-0.2, -0.15) is 0 Å². The molecule has 0 aliphatic rings. The average molecular weight is 726 g/mol. The summed E-state index contributed by atoms with van der Waals surface area (Å²) in [5, 5.41) is 8.97. The number of hydrogen-bond acceptors (Lipinski definition) is 3. The molecule has 0 aliphatic carbocycles. The van der Waals surface area contributed by atoms with Gasteiger partial charge in [-0.05, 0) is 97.4 Å². The van der Waals surface area contributed by atoms with E-state index in [2.05, 4.69) is 119 Å². The molecule has 0 atom stereocenters. The van der Waals surface area contributed by atoms with E-state index in [0.29, 0.717) is 23.2 Å². The van der Waals surface area contributed by atoms with Crippen LogP contribution in [0, 0.1) is 6.57 Å². The molecule has 0 N–H and O–H groups in total. The number of hydrogen-bond donors (Lipinski definition) is 0. The second kappa shape index (κ2) is 13.1. The monoisotopic (exact) mass is 725 g/mol. The molecule has 0 bridgehead atoms. The first-order valence-corrected chi connectivity index (χ1v) is 19.0. The molecule has 0 saturated carbocycles. The van der Waals surface area contributed by atoms with E-state index < -0.39 is 0 Å². The summed E-state index contributed by atoms with van der Waals surface area (Å²) in [4.78, 5) is 19.1. The van der Waals surface area contributed by atoms with Crippen molar-refractivity contribution >= 4 is 59.8 Å². The molecule has 9 aromatic carbocycles. The number of nitrogens with zero attached hydrogens (tertiary/aromatic N) is 5. The molecule has 0 aliphatic heterocycles. The molecule has 2 heterocycles. The zero-order chi connectivity index (χ0) is 37.9. The topological polar surface area (TPSA) is 48.0 Å². The summed E-state index contributed by atoms with van der Waals surface area (Å²) in [6, 6.07) is 65.3. The fourth-order valence-electron chi connectivity index (χ4n) is 8.41. The first kappa shape index (κ1) is 32.5. The second-order valence-electron chi connectivity index (χ2n) is 14.3. The van der Waals surface area contributed by atoms with Gasteiger partial charge in [0.15, 0.2) is 23.2 Å². The minimum absolute atomic E-state index is 0.628. The molecule has 11 rings (SSSR count). The molecule has 2 aromatic heterocycles. The fourth-order valence-corrected chi connectivity index (χ4v) is 8.41. The van der Waals surface area contributed by atoms with Crippen LogP contribution in [0.5, 0.6) is 0 Å². The van der Waals surface area contributed by atoms with Crippen LogP contribution in [-0.2, 0) is 0 Å². The summed E-state index contributed by atoms with van der Waals surface area (Å²) in [5.74, 6) is 1.90. The highest BCUT2D eigenvalue weighted by Crippen LogP contribution is 2.43. The Labute approximate surface area is 328 Å². The Morgan fingerprint density at radius 3 is 1.42 bits per heavy atom. The second-order valence-corrected chi connectivity index (χ2v) is 14.3. The maximum Gasteiger partial charge on any atom is 0.188 e. The van der Waals surface area contributed by atoms with Crippen LogP contribution in [0.1, 0.15) is 0 Å². The van der Waals surface area contributed by atoms with E-state index in [-0.39, 0.29) is 0 Å². The lowest BCUT2D eigenvalue weighted by atomic mass is 9.88. The Bertz CT molecular complexity index is 3340. The van der Waals surface area contributed by atoms with E-state index in [1.54, 1.807) is 0 Å². The van der Waals surface area contributed by atoms with Crippen LogP contribution >= 0.6 is 0 Å².